The van der Waals surface area contributed by atoms with Crippen LogP contribution in [0.15, 0.2) is 9.59 Å². The van der Waals surface area contributed by atoms with E-state index in [-0.39, 0.29) is 17.3 Å². The van der Waals surface area contributed by atoms with Crippen LogP contribution in [0.5, 0.6) is 0 Å². The summed E-state index contributed by atoms with van der Waals surface area (Å²) in [5.41, 5.74) is 0.349. The van der Waals surface area contributed by atoms with E-state index in [0.717, 1.165) is 10.4 Å². The van der Waals surface area contributed by atoms with Gasteiger partial charge < -0.3 is 9.88 Å². The summed E-state index contributed by atoms with van der Waals surface area (Å²) in [6, 6.07) is -0.0561. The number of aromatic nitrogens is 4. The molecule has 1 N–H and O–H groups in total. The number of aryl methyl sites for hydroxylation is 1. The minimum atomic E-state index is -0.325. The summed E-state index contributed by atoms with van der Waals surface area (Å²) in [6.07, 6.45) is 0. The van der Waals surface area contributed by atoms with Gasteiger partial charge in [0.05, 0.1) is 6.54 Å². The van der Waals surface area contributed by atoms with E-state index in [4.69, 9.17) is 0 Å². The highest BCUT2D eigenvalue weighted by molar-refractivity contribution is 5.71. The molecular weight excluding hydrogens is 258 g/mol. The van der Waals surface area contributed by atoms with E-state index >= 15 is 0 Å². The van der Waals surface area contributed by atoms with Gasteiger partial charge in [-0.25, -0.2) is 9.78 Å². The molecule has 0 spiro atoms. The SMILES string of the molecule is CCn1c(CNC)nc2c1c(=O)n(C)c(=O)n2C(C)C. The minimum Gasteiger partial charge on any atom is -0.321 e. The lowest BCUT2D eigenvalue weighted by Gasteiger charge is -2.12. The van der Waals surface area contributed by atoms with Crippen molar-refractivity contribution in [3.63, 3.8) is 0 Å². The maximum Gasteiger partial charge on any atom is 0.332 e. The van der Waals surface area contributed by atoms with Crippen molar-refractivity contribution in [2.75, 3.05) is 7.05 Å². The summed E-state index contributed by atoms with van der Waals surface area (Å²) in [5, 5.41) is 3.04. The molecule has 110 valence electrons. The van der Waals surface area contributed by atoms with Crippen LogP contribution < -0.4 is 16.6 Å². The Balaban J connectivity index is 3.01. The molecule has 2 aromatic rings. The normalized spacial score (nSPS) is 11.7. The molecule has 7 heteroatoms. The second-order valence-corrected chi connectivity index (χ2v) is 5.09. The molecule has 0 aliphatic rings. The van der Waals surface area contributed by atoms with Crippen molar-refractivity contribution < 1.29 is 0 Å². The first-order valence-corrected chi connectivity index (χ1v) is 6.79. The van der Waals surface area contributed by atoms with Crippen LogP contribution in [0, 0.1) is 0 Å². The molecule has 0 unspecified atom stereocenters. The highest BCUT2D eigenvalue weighted by atomic mass is 16.2. The first-order chi connectivity index (χ1) is 9.43. The number of hydrogen-bond acceptors (Lipinski definition) is 4. The Morgan fingerprint density at radius 3 is 2.45 bits per heavy atom. The minimum absolute atomic E-state index is 0.0561. The Kier molecular flexibility index (Phi) is 3.80. The number of fused-ring (bicyclic) bond motifs is 1. The Morgan fingerprint density at radius 2 is 1.95 bits per heavy atom. The maximum absolute atomic E-state index is 12.4. The molecule has 0 amide bonds. The van der Waals surface area contributed by atoms with Crippen molar-refractivity contribution in [3.05, 3.63) is 26.7 Å². The number of nitrogens with one attached hydrogen (secondary N) is 1. The number of nitrogens with zero attached hydrogens (tertiary/aromatic N) is 4. The van der Waals surface area contributed by atoms with Crippen LogP contribution in [0.1, 0.15) is 32.6 Å². The monoisotopic (exact) mass is 279 g/mol. The van der Waals surface area contributed by atoms with E-state index in [2.05, 4.69) is 10.3 Å². The Hall–Kier alpha value is -1.89. The second kappa shape index (κ2) is 5.24. The van der Waals surface area contributed by atoms with Crippen LogP contribution in [0.2, 0.25) is 0 Å². The van der Waals surface area contributed by atoms with E-state index in [0.29, 0.717) is 24.3 Å². The fraction of sp³-hybridized carbons (Fsp3) is 0.615. The molecule has 0 bridgehead atoms. The van der Waals surface area contributed by atoms with Gasteiger partial charge in [-0.2, -0.15) is 0 Å². The molecule has 0 saturated carbocycles. The van der Waals surface area contributed by atoms with Gasteiger partial charge in [-0.05, 0) is 27.8 Å². The fourth-order valence-corrected chi connectivity index (χ4v) is 2.46. The third kappa shape index (κ3) is 1.98. The summed E-state index contributed by atoms with van der Waals surface area (Å²) in [6.45, 7) is 6.98. The molecule has 7 nitrogen and oxygen atoms in total. The third-order valence-electron chi connectivity index (χ3n) is 3.42. The van der Waals surface area contributed by atoms with Gasteiger partial charge in [0.1, 0.15) is 5.82 Å². The first-order valence-electron chi connectivity index (χ1n) is 6.79. The largest absolute Gasteiger partial charge is 0.332 e. The average molecular weight is 279 g/mol. The Morgan fingerprint density at radius 1 is 1.30 bits per heavy atom. The standard InChI is InChI=1S/C13H21N5O2/c1-6-17-9(7-14-4)15-11-10(17)12(19)16(5)13(20)18(11)8(2)3/h8,14H,6-7H2,1-5H3. The van der Waals surface area contributed by atoms with Gasteiger partial charge in [0.25, 0.3) is 5.56 Å². The fourth-order valence-electron chi connectivity index (χ4n) is 2.46. The summed E-state index contributed by atoms with van der Waals surface area (Å²) in [7, 11) is 3.33. The zero-order valence-corrected chi connectivity index (χ0v) is 12.6. The average Bonchev–Trinajstić information content (AvgIpc) is 2.74. The Labute approximate surface area is 116 Å². The van der Waals surface area contributed by atoms with E-state index in [1.165, 1.54) is 7.05 Å². The third-order valence-corrected chi connectivity index (χ3v) is 3.42. The lowest BCUT2D eigenvalue weighted by Crippen LogP contribution is -2.39. The van der Waals surface area contributed by atoms with Gasteiger partial charge >= 0.3 is 5.69 Å². The molecule has 0 fully saturated rings. The molecule has 0 saturated heterocycles. The van der Waals surface area contributed by atoms with Gasteiger partial charge in [0.15, 0.2) is 11.2 Å². The van der Waals surface area contributed by atoms with Crippen LogP contribution >= 0.6 is 0 Å². The van der Waals surface area contributed by atoms with Gasteiger partial charge in [-0.1, -0.05) is 0 Å². The number of hydrogen-bond donors (Lipinski definition) is 1. The topological polar surface area (TPSA) is 73.8 Å². The van der Waals surface area contributed by atoms with Crippen LogP contribution in [0.4, 0.5) is 0 Å². The number of rotatable bonds is 4. The van der Waals surface area contributed by atoms with Gasteiger partial charge in [-0.3, -0.25) is 13.9 Å². The lowest BCUT2D eigenvalue weighted by atomic mass is 10.3. The van der Waals surface area contributed by atoms with E-state index < -0.39 is 0 Å². The zero-order valence-electron chi connectivity index (χ0n) is 12.6. The highest BCUT2D eigenvalue weighted by Crippen LogP contribution is 2.14. The van der Waals surface area contributed by atoms with Crippen LogP contribution in [0.25, 0.3) is 11.2 Å². The number of imidazole rings is 1. The molecule has 0 atom stereocenters. The molecule has 0 radical (unpaired) electrons. The quantitative estimate of drug-likeness (QED) is 0.868. The van der Waals surface area contributed by atoms with Crippen molar-refractivity contribution >= 4 is 11.2 Å². The summed E-state index contributed by atoms with van der Waals surface area (Å²) in [4.78, 5) is 29.2. The first kappa shape index (κ1) is 14.5. The van der Waals surface area contributed by atoms with Crippen LogP contribution in [-0.4, -0.2) is 25.7 Å². The predicted molar refractivity (Wildman–Crippen MR) is 78.1 cm³/mol. The molecule has 0 aliphatic heterocycles. The van der Waals surface area contributed by atoms with Crippen LogP contribution in [-0.2, 0) is 20.1 Å². The van der Waals surface area contributed by atoms with Crippen molar-refractivity contribution in [2.24, 2.45) is 7.05 Å². The van der Waals surface area contributed by atoms with Gasteiger partial charge in [0.2, 0.25) is 0 Å². The maximum atomic E-state index is 12.4. The molecule has 0 aromatic carbocycles. The van der Waals surface area contributed by atoms with Gasteiger partial charge in [-0.15, -0.1) is 0 Å². The summed E-state index contributed by atoms with van der Waals surface area (Å²) < 4.78 is 4.59. The summed E-state index contributed by atoms with van der Waals surface area (Å²) in [5.74, 6) is 0.766. The molecule has 20 heavy (non-hydrogen) atoms. The molecule has 2 rings (SSSR count). The van der Waals surface area contributed by atoms with E-state index in [9.17, 15) is 9.59 Å². The Bertz CT molecular complexity index is 751. The predicted octanol–water partition coefficient (Wildman–Crippen LogP) is 0.217. The molecule has 2 aromatic heterocycles. The van der Waals surface area contributed by atoms with E-state index in [1.807, 2.05) is 32.4 Å². The molecule has 0 aliphatic carbocycles. The zero-order chi connectivity index (χ0) is 15.0. The van der Waals surface area contributed by atoms with E-state index in [1.54, 1.807) is 4.57 Å². The van der Waals surface area contributed by atoms with Gasteiger partial charge in [0, 0.05) is 19.6 Å². The van der Waals surface area contributed by atoms with Crippen molar-refractivity contribution in [3.8, 4) is 0 Å². The van der Waals surface area contributed by atoms with Crippen LogP contribution in [0.3, 0.4) is 0 Å². The second-order valence-electron chi connectivity index (χ2n) is 5.09. The smallest absolute Gasteiger partial charge is 0.321 e. The lowest BCUT2D eigenvalue weighted by molar-refractivity contribution is 0.551. The highest BCUT2D eigenvalue weighted by Gasteiger charge is 2.20. The van der Waals surface area contributed by atoms with Crippen molar-refractivity contribution in [1.29, 1.82) is 0 Å². The molecule has 2 heterocycles. The summed E-state index contributed by atoms with van der Waals surface area (Å²) >= 11 is 0. The van der Waals surface area contributed by atoms with Crippen molar-refractivity contribution in [2.45, 2.75) is 39.9 Å². The molecular formula is C13H21N5O2. The van der Waals surface area contributed by atoms with Crippen molar-refractivity contribution in [1.82, 2.24) is 24.0 Å².